The molecule has 1 N–H and O–H groups in total. The standard InChI is InChI=1S/C11H14FN5O2S/c1-4-17-8(3)11(7(2)15-17)20(18,19)16-10-6-13-5-9(12)14-10/h5-6H,4H2,1-3H3,(H,14,16). The van der Waals surface area contributed by atoms with Gasteiger partial charge in [0.2, 0.25) is 5.95 Å². The van der Waals surface area contributed by atoms with E-state index in [-0.39, 0.29) is 10.7 Å². The second-order valence-corrected chi connectivity index (χ2v) is 5.77. The van der Waals surface area contributed by atoms with Crippen molar-refractivity contribution in [1.82, 2.24) is 19.7 Å². The van der Waals surface area contributed by atoms with E-state index < -0.39 is 16.0 Å². The molecule has 0 radical (unpaired) electrons. The lowest BCUT2D eigenvalue weighted by Gasteiger charge is -2.07. The van der Waals surface area contributed by atoms with Crippen molar-refractivity contribution in [1.29, 1.82) is 0 Å². The number of hydrogen-bond acceptors (Lipinski definition) is 5. The van der Waals surface area contributed by atoms with E-state index in [0.29, 0.717) is 17.9 Å². The predicted molar refractivity (Wildman–Crippen MR) is 70.2 cm³/mol. The number of nitrogens with zero attached hydrogens (tertiary/aromatic N) is 4. The van der Waals surface area contributed by atoms with Crippen LogP contribution in [0, 0.1) is 19.8 Å². The minimum Gasteiger partial charge on any atom is -0.268 e. The largest absolute Gasteiger partial charge is 0.268 e. The molecule has 0 saturated carbocycles. The van der Waals surface area contributed by atoms with Crippen LogP contribution in [-0.4, -0.2) is 28.2 Å². The maximum absolute atomic E-state index is 12.9. The van der Waals surface area contributed by atoms with Gasteiger partial charge < -0.3 is 0 Å². The van der Waals surface area contributed by atoms with E-state index >= 15 is 0 Å². The summed E-state index contributed by atoms with van der Waals surface area (Å²) in [6.45, 7) is 5.68. The van der Waals surface area contributed by atoms with Gasteiger partial charge in [-0.05, 0) is 20.8 Å². The topological polar surface area (TPSA) is 89.8 Å². The molecule has 20 heavy (non-hydrogen) atoms. The lowest BCUT2D eigenvalue weighted by Crippen LogP contribution is -2.16. The Balaban J connectivity index is 2.43. The van der Waals surface area contributed by atoms with Crippen molar-refractivity contribution in [2.24, 2.45) is 0 Å². The molecular weight excluding hydrogens is 285 g/mol. The van der Waals surface area contributed by atoms with Crippen LogP contribution < -0.4 is 4.72 Å². The Morgan fingerprint density at radius 1 is 1.35 bits per heavy atom. The Morgan fingerprint density at radius 3 is 2.60 bits per heavy atom. The third-order valence-electron chi connectivity index (χ3n) is 2.73. The highest BCUT2D eigenvalue weighted by molar-refractivity contribution is 7.92. The summed E-state index contributed by atoms with van der Waals surface area (Å²) in [5.74, 6) is -1.03. The van der Waals surface area contributed by atoms with E-state index in [0.717, 1.165) is 12.4 Å². The van der Waals surface area contributed by atoms with Gasteiger partial charge in [-0.1, -0.05) is 0 Å². The van der Waals surface area contributed by atoms with Crippen molar-refractivity contribution in [3.8, 4) is 0 Å². The fraction of sp³-hybridized carbons (Fsp3) is 0.364. The van der Waals surface area contributed by atoms with Crippen LogP contribution in [0.4, 0.5) is 10.2 Å². The molecular formula is C11H14FN5O2S. The van der Waals surface area contributed by atoms with E-state index in [9.17, 15) is 12.8 Å². The van der Waals surface area contributed by atoms with Gasteiger partial charge >= 0.3 is 0 Å². The highest BCUT2D eigenvalue weighted by atomic mass is 32.2. The van der Waals surface area contributed by atoms with E-state index in [1.54, 1.807) is 18.5 Å². The molecule has 9 heteroatoms. The molecule has 0 saturated heterocycles. The average Bonchev–Trinajstić information content (AvgIpc) is 2.64. The van der Waals surface area contributed by atoms with Gasteiger partial charge in [-0.25, -0.2) is 8.42 Å². The summed E-state index contributed by atoms with van der Waals surface area (Å²) in [5, 5.41) is 4.14. The first kappa shape index (κ1) is 14.4. The van der Waals surface area contributed by atoms with Crippen LogP contribution in [0.3, 0.4) is 0 Å². The fourth-order valence-corrected chi connectivity index (χ4v) is 3.36. The van der Waals surface area contributed by atoms with E-state index in [1.807, 2.05) is 6.92 Å². The van der Waals surface area contributed by atoms with Crippen molar-refractivity contribution < 1.29 is 12.8 Å². The van der Waals surface area contributed by atoms with Gasteiger partial charge in [-0.15, -0.1) is 0 Å². The molecule has 0 fully saturated rings. The van der Waals surface area contributed by atoms with Gasteiger partial charge in [0, 0.05) is 6.54 Å². The van der Waals surface area contributed by atoms with Gasteiger partial charge in [0.05, 0.1) is 23.8 Å². The molecule has 2 aromatic rings. The molecule has 7 nitrogen and oxygen atoms in total. The normalized spacial score (nSPS) is 11.6. The smallest absolute Gasteiger partial charge is 0.266 e. The van der Waals surface area contributed by atoms with Gasteiger partial charge in [0.1, 0.15) is 4.90 Å². The number of sulfonamides is 1. The number of anilines is 1. The Morgan fingerprint density at radius 2 is 2.05 bits per heavy atom. The predicted octanol–water partition coefficient (Wildman–Crippen LogP) is 1.25. The zero-order valence-corrected chi connectivity index (χ0v) is 12.1. The molecule has 0 aromatic carbocycles. The molecule has 108 valence electrons. The molecule has 0 aliphatic carbocycles. The molecule has 2 rings (SSSR count). The van der Waals surface area contributed by atoms with Crippen molar-refractivity contribution in [2.75, 3.05) is 4.72 Å². The monoisotopic (exact) mass is 299 g/mol. The van der Waals surface area contributed by atoms with Gasteiger partial charge in [-0.3, -0.25) is 14.4 Å². The number of nitrogens with one attached hydrogen (secondary N) is 1. The summed E-state index contributed by atoms with van der Waals surface area (Å²) in [6, 6.07) is 0. The highest BCUT2D eigenvalue weighted by Gasteiger charge is 2.24. The van der Waals surface area contributed by atoms with Gasteiger partial charge in [0.25, 0.3) is 10.0 Å². The minimum absolute atomic E-state index is 0.0745. The van der Waals surface area contributed by atoms with Crippen LogP contribution in [0.2, 0.25) is 0 Å². The van der Waals surface area contributed by atoms with Crippen LogP contribution >= 0.6 is 0 Å². The van der Waals surface area contributed by atoms with Crippen molar-refractivity contribution in [3.63, 3.8) is 0 Å². The molecule has 0 bridgehead atoms. The molecule has 0 aliphatic rings. The Kier molecular flexibility index (Phi) is 3.71. The summed E-state index contributed by atoms with van der Waals surface area (Å²) in [4.78, 5) is 7.04. The molecule has 2 heterocycles. The fourth-order valence-electron chi connectivity index (χ4n) is 1.96. The maximum atomic E-state index is 12.9. The zero-order valence-electron chi connectivity index (χ0n) is 11.3. The van der Waals surface area contributed by atoms with Crippen molar-refractivity contribution >= 4 is 15.8 Å². The molecule has 0 amide bonds. The van der Waals surface area contributed by atoms with Crippen molar-refractivity contribution in [2.45, 2.75) is 32.2 Å². The lowest BCUT2D eigenvalue weighted by atomic mass is 10.4. The third kappa shape index (κ3) is 2.62. The second-order valence-electron chi connectivity index (χ2n) is 4.15. The summed E-state index contributed by atoms with van der Waals surface area (Å²) in [6.07, 6.45) is 2.03. The molecule has 0 atom stereocenters. The SMILES string of the molecule is CCn1nc(C)c(S(=O)(=O)Nc2cncc(F)n2)c1C. The summed E-state index contributed by atoms with van der Waals surface area (Å²) < 4.78 is 41.4. The number of aryl methyl sites for hydroxylation is 2. The Bertz CT molecular complexity index is 741. The quantitative estimate of drug-likeness (QED) is 0.917. The first-order chi connectivity index (χ1) is 9.35. The van der Waals surface area contributed by atoms with E-state index in [2.05, 4.69) is 19.8 Å². The van der Waals surface area contributed by atoms with Crippen LogP contribution in [0.15, 0.2) is 17.3 Å². The number of rotatable bonds is 4. The van der Waals surface area contributed by atoms with E-state index in [1.165, 1.54) is 0 Å². The molecule has 0 aliphatic heterocycles. The van der Waals surface area contributed by atoms with Crippen LogP contribution in [0.5, 0.6) is 0 Å². The van der Waals surface area contributed by atoms with Crippen LogP contribution in [-0.2, 0) is 16.6 Å². The summed E-state index contributed by atoms with van der Waals surface area (Å²) in [7, 11) is -3.88. The van der Waals surface area contributed by atoms with E-state index in [4.69, 9.17) is 0 Å². The molecule has 2 aromatic heterocycles. The second kappa shape index (κ2) is 5.16. The molecule has 0 spiro atoms. The van der Waals surface area contributed by atoms with Gasteiger partial charge in [-0.2, -0.15) is 14.5 Å². The summed E-state index contributed by atoms with van der Waals surface area (Å²) >= 11 is 0. The summed E-state index contributed by atoms with van der Waals surface area (Å²) in [5.41, 5.74) is 0.892. The molecule has 0 unspecified atom stereocenters. The average molecular weight is 299 g/mol. The van der Waals surface area contributed by atoms with Gasteiger partial charge in [0.15, 0.2) is 5.82 Å². The van der Waals surface area contributed by atoms with Crippen LogP contribution in [0.1, 0.15) is 18.3 Å². The first-order valence-corrected chi connectivity index (χ1v) is 7.38. The number of halogens is 1. The van der Waals surface area contributed by atoms with Crippen molar-refractivity contribution in [3.05, 3.63) is 29.7 Å². The third-order valence-corrected chi connectivity index (χ3v) is 4.33. The van der Waals surface area contributed by atoms with Crippen LogP contribution in [0.25, 0.3) is 0 Å². The highest BCUT2D eigenvalue weighted by Crippen LogP contribution is 2.21. The Labute approximate surface area is 115 Å². The first-order valence-electron chi connectivity index (χ1n) is 5.89. The Hall–Kier alpha value is -2.03. The zero-order chi connectivity index (χ0) is 14.9. The number of hydrogen-bond donors (Lipinski definition) is 1. The minimum atomic E-state index is -3.88. The number of aromatic nitrogens is 4. The maximum Gasteiger partial charge on any atom is 0.266 e. The lowest BCUT2D eigenvalue weighted by molar-refractivity contribution is 0.577.